The Morgan fingerprint density at radius 1 is 1.10 bits per heavy atom. The number of nitrogens with zero attached hydrogens (tertiary/aromatic N) is 2. The van der Waals surface area contributed by atoms with Gasteiger partial charge in [-0.1, -0.05) is 13.0 Å². The Labute approximate surface area is 124 Å². The van der Waals surface area contributed by atoms with Crippen molar-refractivity contribution in [3.8, 4) is 0 Å². The highest BCUT2D eigenvalue weighted by atomic mass is 15.1. The fourth-order valence-corrected chi connectivity index (χ4v) is 1.85. The molecule has 1 aromatic heterocycles. The summed E-state index contributed by atoms with van der Waals surface area (Å²) in [5.74, 6) is 1.92. The van der Waals surface area contributed by atoms with Crippen LogP contribution in [0.2, 0.25) is 0 Å². The maximum atomic E-state index is 4.54. The molecule has 0 spiro atoms. The van der Waals surface area contributed by atoms with E-state index < -0.39 is 0 Å². The van der Waals surface area contributed by atoms with Gasteiger partial charge >= 0.3 is 0 Å². The number of rotatable bonds is 10. The lowest BCUT2D eigenvalue weighted by Gasteiger charge is -2.20. The molecule has 4 heteroatoms. The highest BCUT2D eigenvalue weighted by molar-refractivity contribution is 5.44. The molecule has 0 amide bonds. The molecule has 0 bridgehead atoms. The predicted molar refractivity (Wildman–Crippen MR) is 88.5 cm³/mol. The Kier molecular flexibility index (Phi) is 8.04. The second-order valence-corrected chi connectivity index (χ2v) is 5.54. The number of anilines is 2. The van der Waals surface area contributed by atoms with Gasteiger partial charge in [0.05, 0.1) is 0 Å². The zero-order valence-corrected chi connectivity index (χ0v) is 13.4. The minimum Gasteiger partial charge on any atom is -0.370 e. The Morgan fingerprint density at radius 2 is 1.75 bits per heavy atom. The molecule has 0 aliphatic rings. The predicted octanol–water partition coefficient (Wildman–Crippen LogP) is 3.44. The summed E-state index contributed by atoms with van der Waals surface area (Å²) >= 11 is 0. The molecule has 0 aliphatic carbocycles. The standard InChI is InChI=1S/C16H30N4/c1-5-11-17-15-9-8-10-16(19-15)18-12-6-7-13-20(4)14(2)3/h8-10,14H,5-7,11-13H2,1-4H3,(H2,17,18,19). The van der Waals surface area contributed by atoms with Crippen molar-refractivity contribution in [2.45, 2.75) is 46.1 Å². The van der Waals surface area contributed by atoms with E-state index in [4.69, 9.17) is 0 Å². The van der Waals surface area contributed by atoms with Gasteiger partial charge in [-0.2, -0.15) is 0 Å². The molecule has 114 valence electrons. The molecule has 0 radical (unpaired) electrons. The molecule has 0 atom stereocenters. The van der Waals surface area contributed by atoms with Crippen molar-refractivity contribution in [2.24, 2.45) is 0 Å². The fourth-order valence-electron chi connectivity index (χ4n) is 1.85. The van der Waals surface area contributed by atoms with Crippen molar-refractivity contribution in [1.29, 1.82) is 0 Å². The molecule has 0 aliphatic heterocycles. The lowest BCUT2D eigenvalue weighted by molar-refractivity contribution is 0.269. The molecular weight excluding hydrogens is 248 g/mol. The molecular formula is C16H30N4. The van der Waals surface area contributed by atoms with Crippen LogP contribution in [0.15, 0.2) is 18.2 Å². The van der Waals surface area contributed by atoms with Gasteiger partial charge in [-0.25, -0.2) is 4.98 Å². The number of unbranched alkanes of at least 4 members (excludes halogenated alkanes) is 1. The van der Waals surface area contributed by atoms with Crippen molar-refractivity contribution in [3.05, 3.63) is 18.2 Å². The van der Waals surface area contributed by atoms with Gasteiger partial charge in [0.2, 0.25) is 0 Å². The van der Waals surface area contributed by atoms with Crippen LogP contribution in [0.3, 0.4) is 0 Å². The molecule has 1 rings (SSSR count). The third kappa shape index (κ3) is 6.75. The van der Waals surface area contributed by atoms with E-state index in [0.717, 1.165) is 37.7 Å². The minimum atomic E-state index is 0.631. The minimum absolute atomic E-state index is 0.631. The summed E-state index contributed by atoms with van der Waals surface area (Å²) in [5.41, 5.74) is 0. The van der Waals surface area contributed by atoms with Crippen LogP contribution in [0.4, 0.5) is 11.6 Å². The van der Waals surface area contributed by atoms with Gasteiger partial charge in [-0.05, 0) is 58.8 Å². The van der Waals surface area contributed by atoms with Crippen LogP contribution >= 0.6 is 0 Å². The van der Waals surface area contributed by atoms with Crippen LogP contribution in [0.5, 0.6) is 0 Å². The molecule has 0 saturated carbocycles. The summed E-state index contributed by atoms with van der Waals surface area (Å²) in [6.07, 6.45) is 3.50. The summed E-state index contributed by atoms with van der Waals surface area (Å²) in [6, 6.07) is 6.71. The SMILES string of the molecule is CCCNc1cccc(NCCCCN(C)C(C)C)n1. The normalized spacial score (nSPS) is 11.1. The first-order chi connectivity index (χ1) is 9.63. The highest BCUT2D eigenvalue weighted by Gasteiger charge is 2.02. The monoisotopic (exact) mass is 278 g/mol. The third-order valence-electron chi connectivity index (χ3n) is 3.43. The molecule has 0 saturated heterocycles. The number of pyridine rings is 1. The van der Waals surface area contributed by atoms with Crippen LogP contribution in [0.25, 0.3) is 0 Å². The Bertz CT molecular complexity index is 365. The van der Waals surface area contributed by atoms with Crippen molar-refractivity contribution in [2.75, 3.05) is 37.3 Å². The highest BCUT2D eigenvalue weighted by Crippen LogP contribution is 2.09. The molecule has 20 heavy (non-hydrogen) atoms. The Balaban J connectivity index is 2.21. The van der Waals surface area contributed by atoms with Gasteiger partial charge in [0.15, 0.2) is 0 Å². The first kappa shape index (κ1) is 16.8. The number of nitrogens with one attached hydrogen (secondary N) is 2. The van der Waals surface area contributed by atoms with Gasteiger partial charge < -0.3 is 15.5 Å². The number of hydrogen-bond donors (Lipinski definition) is 2. The van der Waals surface area contributed by atoms with E-state index in [0.29, 0.717) is 6.04 Å². The third-order valence-corrected chi connectivity index (χ3v) is 3.43. The second kappa shape index (κ2) is 9.59. The van der Waals surface area contributed by atoms with E-state index >= 15 is 0 Å². The fraction of sp³-hybridized carbons (Fsp3) is 0.688. The topological polar surface area (TPSA) is 40.2 Å². The molecule has 4 nitrogen and oxygen atoms in total. The average Bonchev–Trinajstić information content (AvgIpc) is 2.45. The first-order valence-corrected chi connectivity index (χ1v) is 7.78. The zero-order valence-electron chi connectivity index (χ0n) is 13.4. The van der Waals surface area contributed by atoms with Crippen LogP contribution in [0, 0.1) is 0 Å². The summed E-state index contributed by atoms with van der Waals surface area (Å²) in [4.78, 5) is 6.92. The maximum Gasteiger partial charge on any atom is 0.128 e. The van der Waals surface area contributed by atoms with Crippen molar-refractivity contribution >= 4 is 11.6 Å². The average molecular weight is 278 g/mol. The molecule has 1 heterocycles. The Hall–Kier alpha value is -1.29. The summed E-state index contributed by atoms with van der Waals surface area (Å²) in [7, 11) is 2.18. The van der Waals surface area contributed by atoms with Crippen LogP contribution < -0.4 is 10.6 Å². The molecule has 2 N–H and O–H groups in total. The van der Waals surface area contributed by atoms with Gasteiger partial charge in [-0.15, -0.1) is 0 Å². The molecule has 0 unspecified atom stereocenters. The zero-order chi connectivity index (χ0) is 14.8. The van der Waals surface area contributed by atoms with E-state index in [1.165, 1.54) is 12.8 Å². The van der Waals surface area contributed by atoms with E-state index in [-0.39, 0.29) is 0 Å². The molecule has 0 fully saturated rings. The van der Waals surface area contributed by atoms with Gasteiger partial charge in [0, 0.05) is 19.1 Å². The van der Waals surface area contributed by atoms with Gasteiger partial charge in [0.25, 0.3) is 0 Å². The smallest absolute Gasteiger partial charge is 0.128 e. The largest absolute Gasteiger partial charge is 0.370 e. The van der Waals surface area contributed by atoms with E-state index in [2.05, 4.69) is 48.3 Å². The summed E-state index contributed by atoms with van der Waals surface area (Å²) < 4.78 is 0. The quantitative estimate of drug-likeness (QED) is 0.643. The van der Waals surface area contributed by atoms with Gasteiger partial charge in [-0.3, -0.25) is 0 Å². The van der Waals surface area contributed by atoms with Gasteiger partial charge in [0.1, 0.15) is 11.6 Å². The van der Waals surface area contributed by atoms with Crippen LogP contribution in [0.1, 0.15) is 40.0 Å². The number of aromatic nitrogens is 1. The summed E-state index contributed by atoms with van der Waals surface area (Å²) in [5, 5.41) is 6.70. The van der Waals surface area contributed by atoms with E-state index in [1.54, 1.807) is 0 Å². The van der Waals surface area contributed by atoms with Crippen LogP contribution in [-0.4, -0.2) is 42.6 Å². The van der Waals surface area contributed by atoms with E-state index in [1.807, 2.05) is 18.2 Å². The second-order valence-electron chi connectivity index (χ2n) is 5.54. The Morgan fingerprint density at radius 3 is 2.35 bits per heavy atom. The van der Waals surface area contributed by atoms with E-state index in [9.17, 15) is 0 Å². The lowest BCUT2D eigenvalue weighted by Crippen LogP contribution is -2.27. The first-order valence-electron chi connectivity index (χ1n) is 7.78. The van der Waals surface area contributed by atoms with Crippen molar-refractivity contribution in [1.82, 2.24) is 9.88 Å². The van der Waals surface area contributed by atoms with Crippen LogP contribution in [-0.2, 0) is 0 Å². The molecule has 0 aromatic carbocycles. The molecule has 1 aromatic rings. The summed E-state index contributed by atoms with van der Waals surface area (Å²) in [6.45, 7) is 9.73. The van der Waals surface area contributed by atoms with Crippen molar-refractivity contribution < 1.29 is 0 Å². The maximum absolute atomic E-state index is 4.54. The lowest BCUT2D eigenvalue weighted by atomic mass is 10.2. The number of hydrogen-bond acceptors (Lipinski definition) is 4. The van der Waals surface area contributed by atoms with Crippen molar-refractivity contribution in [3.63, 3.8) is 0 Å².